The van der Waals surface area contributed by atoms with Gasteiger partial charge in [0.25, 0.3) is 0 Å². The third kappa shape index (κ3) is 2.18. The normalized spacial score (nSPS) is 52.7. The Morgan fingerprint density at radius 2 is 2.00 bits per heavy atom. The fourth-order valence-corrected chi connectivity index (χ4v) is 5.34. The molecule has 7 heteroatoms. The van der Waals surface area contributed by atoms with E-state index in [9.17, 15) is 4.79 Å². The van der Waals surface area contributed by atoms with Gasteiger partial charge in [0.15, 0.2) is 17.5 Å². The number of fused-ring (bicyclic) bond motifs is 2. The summed E-state index contributed by atoms with van der Waals surface area (Å²) < 4.78 is 17.8. The average Bonchev–Trinajstić information content (AvgIpc) is 2.64. The van der Waals surface area contributed by atoms with E-state index < -0.39 is 23.3 Å². The van der Waals surface area contributed by atoms with Crippen molar-refractivity contribution in [2.75, 3.05) is 11.9 Å². The molecular weight excluding hydrogens is 380 g/mol. The molecule has 2 bridgehead atoms. The summed E-state index contributed by atoms with van der Waals surface area (Å²) in [5, 5.41) is 0.599. The second kappa shape index (κ2) is 5.64. The predicted molar refractivity (Wildman–Crippen MR) is 87.0 cm³/mol. The van der Waals surface area contributed by atoms with Gasteiger partial charge in [0.1, 0.15) is 6.61 Å². The highest BCUT2D eigenvalue weighted by Crippen LogP contribution is 2.63. The molecule has 4 saturated heterocycles. The van der Waals surface area contributed by atoms with Crippen LogP contribution in [0, 0.1) is 17.8 Å². The van der Waals surface area contributed by atoms with Gasteiger partial charge in [-0.15, -0.1) is 0 Å². The summed E-state index contributed by atoms with van der Waals surface area (Å²) in [5.41, 5.74) is -1.80. The number of alkyl halides is 1. The maximum atomic E-state index is 12.8. The molecule has 5 fully saturated rings. The summed E-state index contributed by atoms with van der Waals surface area (Å²) in [5.74, 6) is -0.579. The Bertz CT molecular complexity index is 543. The van der Waals surface area contributed by atoms with Crippen molar-refractivity contribution in [3.8, 4) is 0 Å². The molecule has 136 valence electrons. The minimum absolute atomic E-state index is 0.137. The van der Waals surface area contributed by atoms with Gasteiger partial charge in [-0.3, -0.25) is 0 Å². The Morgan fingerprint density at radius 1 is 1.21 bits per heavy atom. The van der Waals surface area contributed by atoms with Crippen molar-refractivity contribution in [2.24, 2.45) is 17.8 Å². The highest BCUT2D eigenvalue weighted by Gasteiger charge is 2.76. The van der Waals surface area contributed by atoms with E-state index in [1.807, 2.05) is 13.8 Å². The molecule has 4 aliphatic heterocycles. The lowest BCUT2D eigenvalue weighted by molar-refractivity contribution is -0.541. The van der Waals surface area contributed by atoms with Crippen molar-refractivity contribution in [3.05, 3.63) is 0 Å². The van der Waals surface area contributed by atoms with Crippen molar-refractivity contribution in [3.63, 3.8) is 0 Å². The van der Waals surface area contributed by atoms with Gasteiger partial charge in [0.2, 0.25) is 5.79 Å². The van der Waals surface area contributed by atoms with E-state index in [0.717, 1.165) is 25.7 Å². The Balaban J connectivity index is 1.74. The first-order valence-electron chi connectivity index (χ1n) is 8.81. The van der Waals surface area contributed by atoms with Crippen LogP contribution in [0.25, 0.3) is 0 Å². The van der Waals surface area contributed by atoms with Crippen molar-refractivity contribution in [2.45, 2.75) is 69.7 Å². The quantitative estimate of drug-likeness (QED) is 0.409. The van der Waals surface area contributed by atoms with Gasteiger partial charge in [-0.25, -0.2) is 14.6 Å². The lowest BCUT2D eigenvalue weighted by Gasteiger charge is -2.50. The van der Waals surface area contributed by atoms with Crippen molar-refractivity contribution < 1.29 is 28.8 Å². The zero-order valence-electron chi connectivity index (χ0n) is 14.4. The van der Waals surface area contributed by atoms with E-state index in [1.165, 1.54) is 0 Å². The van der Waals surface area contributed by atoms with E-state index in [1.54, 1.807) is 0 Å². The molecule has 0 aromatic heterocycles. The largest absolute Gasteiger partial charge is 0.463 e. The van der Waals surface area contributed by atoms with E-state index in [0.29, 0.717) is 17.9 Å². The second-order valence-corrected chi connectivity index (χ2v) is 8.70. The Kier molecular flexibility index (Phi) is 4.05. The number of carbonyl (C=O) groups is 1. The van der Waals surface area contributed by atoms with Crippen LogP contribution in [0.15, 0.2) is 0 Å². The smallest absolute Gasteiger partial charge is 0.338 e. The molecular formula is C17H25BrO6. The predicted octanol–water partition coefficient (Wildman–Crippen LogP) is 2.93. The van der Waals surface area contributed by atoms with E-state index in [-0.39, 0.29) is 17.8 Å². The summed E-state index contributed by atoms with van der Waals surface area (Å²) in [6.07, 6.45) is 2.98. The van der Waals surface area contributed by atoms with E-state index in [4.69, 9.17) is 24.0 Å². The minimum Gasteiger partial charge on any atom is -0.463 e. The van der Waals surface area contributed by atoms with Gasteiger partial charge >= 0.3 is 5.97 Å². The molecule has 4 heterocycles. The van der Waals surface area contributed by atoms with Gasteiger partial charge in [0, 0.05) is 17.7 Å². The number of rotatable bonds is 3. The Morgan fingerprint density at radius 3 is 2.75 bits per heavy atom. The maximum Gasteiger partial charge on any atom is 0.338 e. The molecule has 7 atom stereocenters. The lowest BCUT2D eigenvalue weighted by Crippen LogP contribution is -2.62. The first kappa shape index (κ1) is 17.2. The van der Waals surface area contributed by atoms with Gasteiger partial charge in [-0.2, -0.15) is 0 Å². The molecule has 0 aromatic rings. The van der Waals surface area contributed by atoms with Crippen molar-refractivity contribution in [1.29, 1.82) is 0 Å². The van der Waals surface area contributed by atoms with Crippen LogP contribution >= 0.6 is 15.9 Å². The molecule has 24 heavy (non-hydrogen) atoms. The van der Waals surface area contributed by atoms with E-state index in [2.05, 4.69) is 22.9 Å². The summed E-state index contributed by atoms with van der Waals surface area (Å²) in [6.45, 7) is 6.25. The van der Waals surface area contributed by atoms with Gasteiger partial charge in [-0.1, -0.05) is 22.9 Å². The van der Waals surface area contributed by atoms with Crippen LogP contribution in [0.4, 0.5) is 0 Å². The molecule has 0 aromatic carbocycles. The number of hydrogen-bond donors (Lipinski definition) is 0. The number of esters is 1. The van der Waals surface area contributed by atoms with Crippen molar-refractivity contribution in [1.82, 2.24) is 0 Å². The molecule has 0 radical (unpaired) electrons. The topological polar surface area (TPSA) is 63.2 Å². The number of ether oxygens (including phenoxy) is 3. The molecule has 5 rings (SSSR count). The molecule has 6 nitrogen and oxygen atoms in total. The highest BCUT2D eigenvalue weighted by atomic mass is 79.9. The number of halogens is 1. The summed E-state index contributed by atoms with van der Waals surface area (Å²) in [4.78, 5) is 24.5. The first-order chi connectivity index (χ1) is 11.4. The summed E-state index contributed by atoms with van der Waals surface area (Å²) >= 11 is 3.29. The van der Waals surface area contributed by atoms with Crippen LogP contribution in [0.3, 0.4) is 0 Å². The minimum atomic E-state index is -1.07. The zero-order chi connectivity index (χ0) is 17.2. The summed E-state index contributed by atoms with van der Waals surface area (Å²) in [6, 6.07) is 0. The van der Waals surface area contributed by atoms with Gasteiger partial charge < -0.3 is 14.2 Å². The zero-order valence-corrected chi connectivity index (χ0v) is 16.0. The third-order valence-corrected chi connectivity index (χ3v) is 6.77. The van der Waals surface area contributed by atoms with Gasteiger partial charge in [-0.05, 0) is 44.9 Å². The number of hydrogen-bond acceptors (Lipinski definition) is 6. The van der Waals surface area contributed by atoms with Crippen LogP contribution < -0.4 is 0 Å². The fraction of sp³-hybridized carbons (Fsp3) is 0.941. The van der Waals surface area contributed by atoms with Crippen LogP contribution in [0.2, 0.25) is 0 Å². The third-order valence-electron chi connectivity index (χ3n) is 6.45. The highest BCUT2D eigenvalue weighted by molar-refractivity contribution is 9.09. The number of carbonyl (C=O) groups excluding carboxylic acids is 1. The van der Waals surface area contributed by atoms with Crippen LogP contribution in [-0.4, -0.2) is 41.2 Å². The molecule has 1 aliphatic carbocycles. The molecule has 1 saturated carbocycles. The van der Waals surface area contributed by atoms with Crippen LogP contribution in [-0.2, 0) is 28.8 Å². The Hall–Kier alpha value is -0.210. The SMILES string of the molecule is C[C@@H]1CCC2[C@]34OO[C@](C)(CC[C@@H]13)O[C@H]4O[C@]2(C)C(=O)OCCBr. The fourth-order valence-electron chi connectivity index (χ4n) is 5.18. The monoisotopic (exact) mass is 404 g/mol. The summed E-state index contributed by atoms with van der Waals surface area (Å²) in [7, 11) is 0. The molecule has 0 amide bonds. The second-order valence-electron chi connectivity index (χ2n) is 7.91. The molecule has 1 spiro atoms. The lowest BCUT2D eigenvalue weighted by atomic mass is 9.60. The first-order valence-corrected chi connectivity index (χ1v) is 9.93. The standard InChI is InChI=1S/C17H25BrO6/c1-10-4-5-12-16(3,13(19)20-9-8-18)22-14-17(12)11(10)6-7-15(2,21-14)23-24-17/h10-12,14H,4-9H2,1-3H3/t10-,11+,12?,14+,15-,16+,17-/m1/s1. The van der Waals surface area contributed by atoms with E-state index >= 15 is 0 Å². The average molecular weight is 405 g/mol. The Labute approximate surface area is 150 Å². The molecule has 0 N–H and O–H groups in total. The van der Waals surface area contributed by atoms with Crippen LogP contribution in [0.5, 0.6) is 0 Å². The van der Waals surface area contributed by atoms with Crippen molar-refractivity contribution >= 4 is 21.9 Å². The van der Waals surface area contributed by atoms with Gasteiger partial charge in [0.05, 0.1) is 0 Å². The molecule has 5 aliphatic rings. The van der Waals surface area contributed by atoms with Crippen LogP contribution in [0.1, 0.15) is 46.5 Å². The maximum absolute atomic E-state index is 12.8. The molecule has 1 unspecified atom stereocenters.